The van der Waals surface area contributed by atoms with E-state index in [0.717, 1.165) is 30.5 Å². The number of aromatic nitrogens is 2. The molecular formula is C33H38N4O4. The number of aryl methyl sites for hydroxylation is 1. The van der Waals surface area contributed by atoms with Gasteiger partial charge in [0.1, 0.15) is 12.0 Å². The first-order chi connectivity index (χ1) is 19.9. The van der Waals surface area contributed by atoms with Gasteiger partial charge in [-0.2, -0.15) is 0 Å². The maximum absolute atomic E-state index is 13.6. The number of amides is 1. The topological polar surface area (TPSA) is 110 Å². The van der Waals surface area contributed by atoms with E-state index in [2.05, 4.69) is 52.6 Å². The number of ether oxygens (including phenoxy) is 1. The van der Waals surface area contributed by atoms with Gasteiger partial charge in [-0.25, -0.2) is 4.98 Å². The lowest BCUT2D eigenvalue weighted by molar-refractivity contribution is 0.0829. The zero-order chi connectivity index (χ0) is 28.6. The Balaban J connectivity index is 1.37. The number of hydrogen-bond donors (Lipinski definition) is 3. The van der Waals surface area contributed by atoms with Gasteiger partial charge in [-0.1, -0.05) is 38.1 Å². The summed E-state index contributed by atoms with van der Waals surface area (Å²) < 4.78 is 11.5. The lowest BCUT2D eigenvalue weighted by Gasteiger charge is -2.25. The van der Waals surface area contributed by atoms with Crippen molar-refractivity contribution in [3.05, 3.63) is 101 Å². The average Bonchev–Trinajstić information content (AvgIpc) is 3.52. The van der Waals surface area contributed by atoms with Crippen LogP contribution in [0.2, 0.25) is 0 Å². The molecule has 214 valence electrons. The molecule has 0 aliphatic carbocycles. The summed E-state index contributed by atoms with van der Waals surface area (Å²) in [6.07, 6.45) is 7.35. The van der Waals surface area contributed by atoms with Gasteiger partial charge in [-0.3, -0.25) is 9.78 Å². The van der Waals surface area contributed by atoms with Crippen molar-refractivity contribution in [2.24, 2.45) is 0 Å². The van der Waals surface area contributed by atoms with Crippen LogP contribution in [-0.4, -0.2) is 46.3 Å². The number of hydrogen-bond acceptors (Lipinski definition) is 7. The summed E-state index contributed by atoms with van der Waals surface area (Å²) in [5.41, 5.74) is 5.51. The summed E-state index contributed by atoms with van der Waals surface area (Å²) in [6.45, 7) is 5.66. The van der Waals surface area contributed by atoms with E-state index in [9.17, 15) is 9.90 Å². The molecule has 2 aromatic carbocycles. The van der Waals surface area contributed by atoms with Crippen molar-refractivity contribution in [1.29, 1.82) is 0 Å². The minimum Gasteiger partial charge on any atom is -0.494 e. The number of aliphatic hydroxyl groups excluding tert-OH is 1. The number of carbonyl (C=O) groups is 1. The molecule has 1 aliphatic rings. The Morgan fingerprint density at radius 2 is 1.88 bits per heavy atom. The van der Waals surface area contributed by atoms with Gasteiger partial charge in [-0.05, 0) is 78.6 Å². The smallest absolute Gasteiger partial charge is 0.251 e. The Morgan fingerprint density at radius 1 is 1.02 bits per heavy atom. The van der Waals surface area contributed by atoms with E-state index in [1.54, 1.807) is 18.3 Å². The van der Waals surface area contributed by atoms with Gasteiger partial charge >= 0.3 is 0 Å². The molecule has 41 heavy (non-hydrogen) atoms. The molecule has 0 fully saturated rings. The number of nitrogens with one attached hydrogen (secondary N) is 2. The SMILES string of the molecule is CC(C)c1ccnc(CNC[C@@H](O)[C@@H]2Cc3cccc(c3)CCCCOc3cc(cc(-c4ncco4)c3)C(=O)N2)c1. The summed E-state index contributed by atoms with van der Waals surface area (Å²) >= 11 is 0. The van der Waals surface area contributed by atoms with Crippen LogP contribution in [0.15, 0.2) is 77.7 Å². The Kier molecular flexibility index (Phi) is 9.44. The van der Waals surface area contributed by atoms with Crippen molar-refractivity contribution >= 4 is 5.91 Å². The second kappa shape index (κ2) is 13.6. The number of oxazole rings is 1. The summed E-state index contributed by atoms with van der Waals surface area (Å²) in [5, 5.41) is 17.8. The lowest BCUT2D eigenvalue weighted by atomic mass is 9.97. The van der Waals surface area contributed by atoms with Crippen molar-refractivity contribution < 1.29 is 19.1 Å². The zero-order valence-electron chi connectivity index (χ0n) is 23.7. The molecule has 0 unspecified atom stereocenters. The Bertz CT molecular complexity index is 1440. The number of benzene rings is 2. The van der Waals surface area contributed by atoms with Crippen molar-refractivity contribution in [3.8, 4) is 17.2 Å². The third-order valence-electron chi connectivity index (χ3n) is 7.37. The van der Waals surface area contributed by atoms with Crippen LogP contribution in [0.1, 0.15) is 65.3 Å². The van der Waals surface area contributed by atoms with E-state index < -0.39 is 12.1 Å². The largest absolute Gasteiger partial charge is 0.494 e. The first-order valence-corrected chi connectivity index (χ1v) is 14.3. The highest BCUT2D eigenvalue weighted by atomic mass is 16.5. The molecule has 2 aromatic heterocycles. The van der Waals surface area contributed by atoms with Gasteiger partial charge in [0, 0.05) is 30.4 Å². The van der Waals surface area contributed by atoms with E-state index in [4.69, 9.17) is 9.15 Å². The predicted octanol–water partition coefficient (Wildman–Crippen LogP) is 5.07. The Hall–Kier alpha value is -4.01. The Labute approximate surface area is 241 Å². The normalized spacial score (nSPS) is 16.8. The van der Waals surface area contributed by atoms with Gasteiger partial charge in [0.2, 0.25) is 5.89 Å². The standard InChI is InChI=1S/C33H38N4O4/c1-22(2)25-9-10-35-28(17-25)20-34-21-31(38)30-15-24-8-5-7-23(14-24)6-3-4-12-40-29-18-26(32(39)37-30)16-27(19-29)33-36-11-13-41-33/h5,7-11,13-14,16-19,22,30-31,34,38H,3-4,6,12,15,20-21H2,1-2H3,(H,37,39)/t30-,31+/m0/s1. The minimum atomic E-state index is -0.836. The fourth-order valence-electron chi connectivity index (χ4n) is 5.07. The van der Waals surface area contributed by atoms with E-state index in [-0.39, 0.29) is 5.91 Å². The highest BCUT2D eigenvalue weighted by Crippen LogP contribution is 2.26. The summed E-state index contributed by atoms with van der Waals surface area (Å²) in [4.78, 5) is 22.3. The van der Waals surface area contributed by atoms with Crippen molar-refractivity contribution in [3.63, 3.8) is 0 Å². The number of fused-ring (bicyclic) bond motifs is 4. The molecule has 4 bridgehead atoms. The molecule has 3 N–H and O–H groups in total. The fourth-order valence-corrected chi connectivity index (χ4v) is 5.07. The molecule has 8 heteroatoms. The predicted molar refractivity (Wildman–Crippen MR) is 158 cm³/mol. The van der Waals surface area contributed by atoms with Crippen LogP contribution >= 0.6 is 0 Å². The molecule has 5 rings (SSSR count). The number of nitrogens with zero attached hydrogens (tertiary/aromatic N) is 2. The molecule has 0 saturated carbocycles. The maximum atomic E-state index is 13.6. The van der Waals surface area contributed by atoms with Gasteiger partial charge in [0.15, 0.2) is 0 Å². The summed E-state index contributed by atoms with van der Waals surface area (Å²) in [6, 6.07) is 17.3. The lowest BCUT2D eigenvalue weighted by Crippen LogP contribution is -2.48. The molecule has 0 saturated heterocycles. The van der Waals surface area contributed by atoms with Crippen LogP contribution in [0.25, 0.3) is 11.5 Å². The molecule has 8 nitrogen and oxygen atoms in total. The zero-order valence-corrected chi connectivity index (χ0v) is 23.7. The molecule has 0 radical (unpaired) electrons. The maximum Gasteiger partial charge on any atom is 0.251 e. The first-order valence-electron chi connectivity index (χ1n) is 14.3. The minimum absolute atomic E-state index is 0.295. The quantitative estimate of drug-likeness (QED) is 0.293. The van der Waals surface area contributed by atoms with Crippen LogP contribution in [0.3, 0.4) is 0 Å². The van der Waals surface area contributed by atoms with Crippen LogP contribution < -0.4 is 15.4 Å². The van der Waals surface area contributed by atoms with E-state index in [0.29, 0.717) is 54.8 Å². The van der Waals surface area contributed by atoms with Gasteiger partial charge in [0.25, 0.3) is 5.91 Å². The van der Waals surface area contributed by atoms with Crippen LogP contribution in [0.5, 0.6) is 5.75 Å². The molecule has 3 heterocycles. The average molecular weight is 555 g/mol. The van der Waals surface area contributed by atoms with Gasteiger partial charge < -0.3 is 24.9 Å². The van der Waals surface area contributed by atoms with E-state index in [1.807, 2.05) is 30.5 Å². The van der Waals surface area contributed by atoms with E-state index >= 15 is 0 Å². The highest BCUT2D eigenvalue weighted by Gasteiger charge is 2.24. The van der Waals surface area contributed by atoms with Crippen LogP contribution in [-0.2, 0) is 19.4 Å². The van der Waals surface area contributed by atoms with Crippen LogP contribution in [0, 0.1) is 0 Å². The van der Waals surface area contributed by atoms with Crippen molar-refractivity contribution in [1.82, 2.24) is 20.6 Å². The Morgan fingerprint density at radius 3 is 2.71 bits per heavy atom. The summed E-state index contributed by atoms with van der Waals surface area (Å²) in [5.74, 6) is 1.10. The second-order valence-electron chi connectivity index (χ2n) is 10.9. The van der Waals surface area contributed by atoms with E-state index in [1.165, 1.54) is 17.4 Å². The van der Waals surface area contributed by atoms with Crippen LogP contribution in [0.4, 0.5) is 0 Å². The summed E-state index contributed by atoms with van der Waals surface area (Å²) in [7, 11) is 0. The molecule has 4 aromatic rings. The van der Waals surface area contributed by atoms with Gasteiger partial charge in [0.05, 0.1) is 30.6 Å². The molecular weight excluding hydrogens is 516 g/mol. The van der Waals surface area contributed by atoms with Crippen molar-refractivity contribution in [2.45, 2.75) is 64.1 Å². The van der Waals surface area contributed by atoms with Gasteiger partial charge in [-0.15, -0.1) is 0 Å². The highest BCUT2D eigenvalue weighted by molar-refractivity contribution is 5.96. The third kappa shape index (κ3) is 7.80. The molecule has 1 amide bonds. The number of pyridine rings is 1. The number of aliphatic hydroxyl groups is 1. The molecule has 1 aliphatic heterocycles. The fraction of sp³-hybridized carbons (Fsp3) is 0.364. The molecule has 0 spiro atoms. The number of rotatable bonds is 7. The molecule has 2 atom stereocenters. The number of carbonyl (C=O) groups excluding carboxylic acids is 1. The van der Waals surface area contributed by atoms with Crippen molar-refractivity contribution in [2.75, 3.05) is 13.2 Å². The third-order valence-corrected chi connectivity index (χ3v) is 7.37. The second-order valence-corrected chi connectivity index (χ2v) is 10.9. The first kappa shape index (κ1) is 28.5. The monoisotopic (exact) mass is 554 g/mol.